The Morgan fingerprint density at radius 3 is 1.31 bits per heavy atom. The van der Waals surface area contributed by atoms with Gasteiger partial charge >= 0.3 is 5.97 Å². The molecule has 0 aliphatic heterocycles. The first kappa shape index (κ1) is 21.7. The van der Waals surface area contributed by atoms with Gasteiger partial charge in [-0.3, -0.25) is 4.79 Å². The minimum absolute atomic E-state index is 0.137. The third-order valence-electron chi connectivity index (χ3n) is 9.56. The van der Waals surface area contributed by atoms with Crippen LogP contribution in [0, 0.1) is 41.4 Å². The number of hydrogen-bond acceptors (Lipinski definition) is 2. The fourth-order valence-electron chi connectivity index (χ4n) is 7.28. The van der Waals surface area contributed by atoms with Gasteiger partial charge in [0.1, 0.15) is 6.10 Å². The van der Waals surface area contributed by atoms with E-state index in [9.17, 15) is 4.79 Å². The van der Waals surface area contributed by atoms with Crippen LogP contribution >= 0.6 is 0 Å². The first-order valence-electron chi connectivity index (χ1n) is 13.3. The highest BCUT2D eigenvalue weighted by atomic mass is 16.5. The predicted octanol–water partition coefficient (Wildman–Crippen LogP) is 7.55. The van der Waals surface area contributed by atoms with Gasteiger partial charge in [-0.15, -0.1) is 0 Å². The second-order valence-electron chi connectivity index (χ2n) is 11.6. The lowest BCUT2D eigenvalue weighted by molar-refractivity contribution is -0.157. The van der Waals surface area contributed by atoms with Crippen LogP contribution in [0.3, 0.4) is 0 Å². The zero-order valence-corrected chi connectivity index (χ0v) is 19.2. The zero-order chi connectivity index (χ0) is 20.2. The van der Waals surface area contributed by atoms with Crippen molar-refractivity contribution in [3.63, 3.8) is 0 Å². The summed E-state index contributed by atoms with van der Waals surface area (Å²) in [4.78, 5) is 12.6. The molecular formula is C27H46O2. The van der Waals surface area contributed by atoms with Crippen LogP contribution in [0.4, 0.5) is 0 Å². The summed E-state index contributed by atoms with van der Waals surface area (Å²) in [5, 5.41) is 0. The Balaban J connectivity index is 1.15. The molecule has 0 amide bonds. The van der Waals surface area contributed by atoms with Crippen LogP contribution in [0.25, 0.3) is 0 Å². The highest BCUT2D eigenvalue weighted by Crippen LogP contribution is 2.46. The lowest BCUT2D eigenvalue weighted by atomic mass is 9.65. The molecular weight excluding hydrogens is 356 g/mol. The minimum atomic E-state index is 0.137. The van der Waals surface area contributed by atoms with E-state index in [0.717, 1.165) is 61.2 Å². The fraction of sp³-hybridized carbons (Fsp3) is 0.963. The summed E-state index contributed by atoms with van der Waals surface area (Å²) in [6, 6.07) is 0. The highest BCUT2D eigenvalue weighted by Gasteiger charge is 2.36. The van der Waals surface area contributed by atoms with Gasteiger partial charge < -0.3 is 4.74 Å². The molecule has 4 rings (SSSR count). The van der Waals surface area contributed by atoms with Crippen molar-refractivity contribution in [1.82, 2.24) is 0 Å². The van der Waals surface area contributed by atoms with Crippen LogP contribution in [-0.2, 0) is 9.53 Å². The van der Waals surface area contributed by atoms with Crippen molar-refractivity contribution in [2.75, 3.05) is 0 Å². The fourth-order valence-corrected chi connectivity index (χ4v) is 7.28. The van der Waals surface area contributed by atoms with Crippen molar-refractivity contribution >= 4 is 5.97 Å². The Labute approximate surface area is 179 Å². The Morgan fingerprint density at radius 1 is 0.517 bits per heavy atom. The molecule has 0 heterocycles. The number of ether oxygens (including phenoxy) is 1. The molecule has 2 nitrogen and oxygen atoms in total. The molecule has 2 heteroatoms. The third-order valence-corrected chi connectivity index (χ3v) is 9.56. The topological polar surface area (TPSA) is 26.3 Å². The molecule has 0 bridgehead atoms. The van der Waals surface area contributed by atoms with E-state index in [1.165, 1.54) is 77.0 Å². The monoisotopic (exact) mass is 402 g/mol. The molecule has 0 radical (unpaired) electrons. The molecule has 4 aliphatic rings. The Hall–Kier alpha value is -0.530. The molecule has 166 valence electrons. The van der Waals surface area contributed by atoms with Gasteiger partial charge in [0.15, 0.2) is 0 Å². The average Bonchev–Trinajstić information content (AvgIpc) is 2.76. The van der Waals surface area contributed by atoms with Crippen LogP contribution in [0.15, 0.2) is 0 Å². The largest absolute Gasteiger partial charge is 0.462 e. The van der Waals surface area contributed by atoms with E-state index in [1.807, 2.05) is 0 Å². The van der Waals surface area contributed by atoms with Crippen molar-refractivity contribution in [3.05, 3.63) is 0 Å². The summed E-state index contributed by atoms with van der Waals surface area (Å²) in [6.07, 6.45) is 21.5. The molecule has 4 aliphatic carbocycles. The van der Waals surface area contributed by atoms with Crippen molar-refractivity contribution in [2.24, 2.45) is 41.4 Å². The second-order valence-corrected chi connectivity index (χ2v) is 11.6. The highest BCUT2D eigenvalue weighted by molar-refractivity contribution is 5.72. The van der Waals surface area contributed by atoms with Gasteiger partial charge in [0.2, 0.25) is 0 Å². The van der Waals surface area contributed by atoms with E-state index in [1.54, 1.807) is 0 Å². The molecule has 4 fully saturated rings. The Morgan fingerprint density at radius 2 is 0.862 bits per heavy atom. The van der Waals surface area contributed by atoms with Crippen molar-refractivity contribution < 1.29 is 9.53 Å². The number of carbonyl (C=O) groups is 1. The van der Waals surface area contributed by atoms with Gasteiger partial charge in [-0.05, 0) is 125 Å². The molecule has 0 aromatic rings. The number of esters is 1. The summed E-state index contributed by atoms with van der Waals surface area (Å²) >= 11 is 0. The molecule has 4 saturated carbocycles. The smallest absolute Gasteiger partial charge is 0.309 e. The molecule has 0 aromatic carbocycles. The number of hydrogen-bond donors (Lipinski definition) is 0. The lowest BCUT2D eigenvalue weighted by Gasteiger charge is -2.41. The number of carbonyl (C=O) groups excluding carboxylic acids is 1. The quantitative estimate of drug-likeness (QED) is 0.454. The first-order chi connectivity index (χ1) is 14.1. The van der Waals surface area contributed by atoms with Gasteiger partial charge in [0.25, 0.3) is 0 Å². The van der Waals surface area contributed by atoms with Gasteiger partial charge in [-0.2, -0.15) is 0 Å². The molecule has 0 atom stereocenters. The standard InChI is InChI=1S/C27H46O2/c1-19-3-7-21(8-4-19)22-9-11-23(12-10-22)24-13-15-25(16-14-24)27(28)29-26-17-5-20(2)6-18-26/h19-26H,3-18H2,1-2H3. The predicted molar refractivity (Wildman–Crippen MR) is 120 cm³/mol. The third kappa shape index (κ3) is 5.79. The van der Waals surface area contributed by atoms with Crippen LogP contribution in [-0.4, -0.2) is 12.1 Å². The Bertz CT molecular complexity index is 497. The molecule has 0 unspecified atom stereocenters. The maximum absolute atomic E-state index is 12.6. The molecule has 0 spiro atoms. The normalized spacial score (nSPS) is 44.2. The van der Waals surface area contributed by atoms with E-state index in [4.69, 9.17) is 4.74 Å². The van der Waals surface area contributed by atoms with Crippen LogP contribution in [0.5, 0.6) is 0 Å². The first-order valence-corrected chi connectivity index (χ1v) is 13.3. The second kappa shape index (κ2) is 10.2. The van der Waals surface area contributed by atoms with Crippen LogP contribution < -0.4 is 0 Å². The van der Waals surface area contributed by atoms with Crippen LogP contribution in [0.2, 0.25) is 0 Å². The summed E-state index contributed by atoms with van der Waals surface area (Å²) in [5.41, 5.74) is 0. The summed E-state index contributed by atoms with van der Waals surface area (Å²) in [5.74, 6) is 6.05. The van der Waals surface area contributed by atoms with Crippen molar-refractivity contribution in [1.29, 1.82) is 0 Å². The molecule has 0 saturated heterocycles. The maximum atomic E-state index is 12.6. The van der Waals surface area contributed by atoms with Crippen molar-refractivity contribution in [3.8, 4) is 0 Å². The lowest BCUT2D eigenvalue weighted by Crippen LogP contribution is -2.32. The van der Waals surface area contributed by atoms with Gasteiger partial charge in [0, 0.05) is 0 Å². The minimum Gasteiger partial charge on any atom is -0.462 e. The zero-order valence-electron chi connectivity index (χ0n) is 19.2. The van der Waals surface area contributed by atoms with E-state index in [2.05, 4.69) is 13.8 Å². The van der Waals surface area contributed by atoms with E-state index >= 15 is 0 Å². The maximum Gasteiger partial charge on any atom is 0.309 e. The molecule has 0 aromatic heterocycles. The molecule has 0 N–H and O–H groups in total. The summed E-state index contributed by atoms with van der Waals surface area (Å²) in [6.45, 7) is 4.76. The number of rotatable bonds is 4. The SMILES string of the molecule is CC1CCC(OC(=O)C2CCC(C3CCC(C4CCC(C)CC4)CC3)CC2)CC1. The van der Waals surface area contributed by atoms with Gasteiger partial charge in [0.05, 0.1) is 5.92 Å². The van der Waals surface area contributed by atoms with Gasteiger partial charge in [-0.1, -0.05) is 26.7 Å². The van der Waals surface area contributed by atoms with Crippen LogP contribution in [0.1, 0.15) is 117 Å². The summed E-state index contributed by atoms with van der Waals surface area (Å²) in [7, 11) is 0. The van der Waals surface area contributed by atoms with E-state index < -0.39 is 0 Å². The van der Waals surface area contributed by atoms with E-state index in [0.29, 0.717) is 0 Å². The Kier molecular flexibility index (Phi) is 7.62. The molecule has 29 heavy (non-hydrogen) atoms. The summed E-state index contributed by atoms with van der Waals surface area (Å²) < 4.78 is 5.91. The van der Waals surface area contributed by atoms with Crippen molar-refractivity contribution in [2.45, 2.75) is 123 Å². The van der Waals surface area contributed by atoms with Gasteiger partial charge in [-0.25, -0.2) is 0 Å². The van der Waals surface area contributed by atoms with E-state index in [-0.39, 0.29) is 18.0 Å². The average molecular weight is 403 g/mol.